The van der Waals surface area contributed by atoms with Crippen LogP contribution < -0.4 is 0 Å². The number of carbonyl (C=O) groups is 1. The molecule has 0 saturated carbocycles. The van der Waals surface area contributed by atoms with Crippen LogP contribution in [0.3, 0.4) is 0 Å². The zero-order valence-corrected chi connectivity index (χ0v) is 18.4. The SMILES string of the molecule is CC(C)(C)OC(=O)N1CCC(c2noc(-c3cc4c(cnn4C4COC4)cc3F)n2)CC1. The van der Waals surface area contributed by atoms with Crippen molar-refractivity contribution in [2.75, 3.05) is 26.3 Å². The van der Waals surface area contributed by atoms with Crippen LogP contribution in [-0.4, -0.2) is 62.8 Å². The normalized spacial score (nSPS) is 18.2. The molecule has 0 atom stereocenters. The van der Waals surface area contributed by atoms with Crippen LogP contribution in [0, 0.1) is 5.82 Å². The lowest BCUT2D eigenvalue weighted by molar-refractivity contribution is -0.0266. The van der Waals surface area contributed by atoms with E-state index in [9.17, 15) is 9.18 Å². The standard InChI is InChI=1S/C22H26FN5O4/c1-22(2,3)31-21(29)27-6-4-13(5-7-27)19-25-20(32-26-19)16-9-18-14(8-17(16)23)10-24-28(18)15-11-30-12-15/h8-10,13,15H,4-7,11-12H2,1-3H3. The Bertz CT molecular complexity index is 1140. The Morgan fingerprint density at radius 2 is 1.97 bits per heavy atom. The lowest BCUT2D eigenvalue weighted by Gasteiger charge is -2.32. The molecular formula is C22H26FN5O4. The van der Waals surface area contributed by atoms with Gasteiger partial charge in [-0.2, -0.15) is 10.1 Å². The van der Waals surface area contributed by atoms with Crippen molar-refractivity contribution in [1.29, 1.82) is 0 Å². The Kier molecular flexibility index (Phi) is 5.11. The lowest BCUT2D eigenvalue weighted by Crippen LogP contribution is -2.41. The summed E-state index contributed by atoms with van der Waals surface area (Å²) >= 11 is 0. The number of hydrogen-bond acceptors (Lipinski definition) is 7. The summed E-state index contributed by atoms with van der Waals surface area (Å²) in [6, 6.07) is 3.30. The molecule has 0 aliphatic carbocycles. The van der Waals surface area contributed by atoms with Gasteiger partial charge in [-0.1, -0.05) is 5.16 Å². The fourth-order valence-electron chi connectivity index (χ4n) is 4.04. The molecule has 2 fully saturated rings. The van der Waals surface area contributed by atoms with Crippen molar-refractivity contribution in [3.63, 3.8) is 0 Å². The third-order valence-electron chi connectivity index (χ3n) is 5.83. The zero-order valence-electron chi connectivity index (χ0n) is 18.4. The van der Waals surface area contributed by atoms with E-state index in [2.05, 4.69) is 15.2 Å². The number of likely N-dealkylation sites (tertiary alicyclic amines) is 1. The van der Waals surface area contributed by atoms with Gasteiger partial charge in [-0.15, -0.1) is 0 Å². The minimum atomic E-state index is -0.525. The molecule has 2 aromatic heterocycles. The van der Waals surface area contributed by atoms with Crippen molar-refractivity contribution in [2.24, 2.45) is 0 Å². The summed E-state index contributed by atoms with van der Waals surface area (Å²) < 4.78 is 32.8. The van der Waals surface area contributed by atoms with Gasteiger partial charge in [0.25, 0.3) is 5.89 Å². The molecule has 10 heteroatoms. The van der Waals surface area contributed by atoms with Crippen molar-refractivity contribution >= 4 is 17.0 Å². The maximum atomic E-state index is 14.8. The molecule has 2 saturated heterocycles. The molecule has 5 rings (SSSR count). The van der Waals surface area contributed by atoms with Gasteiger partial charge in [0.05, 0.1) is 36.5 Å². The number of aromatic nitrogens is 4. The van der Waals surface area contributed by atoms with E-state index in [1.54, 1.807) is 17.2 Å². The van der Waals surface area contributed by atoms with Gasteiger partial charge in [-0.25, -0.2) is 9.18 Å². The van der Waals surface area contributed by atoms with Gasteiger partial charge in [0, 0.05) is 24.4 Å². The van der Waals surface area contributed by atoms with Crippen molar-refractivity contribution in [1.82, 2.24) is 24.8 Å². The monoisotopic (exact) mass is 443 g/mol. The number of nitrogens with zero attached hydrogens (tertiary/aromatic N) is 5. The fraction of sp³-hybridized carbons (Fsp3) is 0.545. The van der Waals surface area contributed by atoms with Gasteiger partial charge < -0.3 is 18.9 Å². The van der Waals surface area contributed by atoms with E-state index in [0.717, 1.165) is 5.52 Å². The summed E-state index contributed by atoms with van der Waals surface area (Å²) in [6.45, 7) is 7.83. The Morgan fingerprint density at radius 3 is 2.62 bits per heavy atom. The Hall–Kier alpha value is -3.01. The third-order valence-corrected chi connectivity index (χ3v) is 5.83. The Morgan fingerprint density at radius 1 is 1.22 bits per heavy atom. The van der Waals surface area contributed by atoms with E-state index in [1.807, 2.05) is 25.5 Å². The number of piperidine rings is 1. The van der Waals surface area contributed by atoms with E-state index in [1.165, 1.54) is 6.07 Å². The van der Waals surface area contributed by atoms with E-state index >= 15 is 0 Å². The summed E-state index contributed by atoms with van der Waals surface area (Å²) in [7, 11) is 0. The minimum absolute atomic E-state index is 0.0376. The van der Waals surface area contributed by atoms with E-state index in [-0.39, 0.29) is 29.5 Å². The highest BCUT2D eigenvalue weighted by molar-refractivity contribution is 5.83. The Labute approximate surface area is 184 Å². The second-order valence-corrected chi connectivity index (χ2v) is 9.37. The quantitative estimate of drug-likeness (QED) is 0.606. The van der Waals surface area contributed by atoms with Crippen LogP contribution in [0.15, 0.2) is 22.9 Å². The number of amides is 1. The van der Waals surface area contributed by atoms with Gasteiger partial charge in [0.15, 0.2) is 5.82 Å². The molecule has 4 heterocycles. The number of rotatable bonds is 3. The number of carbonyl (C=O) groups excluding carboxylic acids is 1. The molecule has 1 aromatic carbocycles. The van der Waals surface area contributed by atoms with Crippen molar-refractivity contribution in [3.05, 3.63) is 30.0 Å². The van der Waals surface area contributed by atoms with Crippen molar-refractivity contribution in [3.8, 4) is 11.5 Å². The second-order valence-electron chi connectivity index (χ2n) is 9.37. The summed E-state index contributed by atoms with van der Waals surface area (Å²) in [5, 5.41) is 9.20. The number of halogens is 1. The average molecular weight is 443 g/mol. The molecule has 0 unspecified atom stereocenters. The topological polar surface area (TPSA) is 95.5 Å². The fourth-order valence-corrected chi connectivity index (χ4v) is 4.04. The predicted molar refractivity (Wildman–Crippen MR) is 113 cm³/mol. The largest absolute Gasteiger partial charge is 0.444 e. The van der Waals surface area contributed by atoms with Crippen LogP contribution in [-0.2, 0) is 9.47 Å². The second kappa shape index (κ2) is 7.84. The molecule has 2 aliphatic rings. The summed E-state index contributed by atoms with van der Waals surface area (Å²) in [5.41, 5.74) is 0.535. The first-order valence-corrected chi connectivity index (χ1v) is 10.8. The van der Waals surface area contributed by atoms with Gasteiger partial charge in [-0.05, 0) is 45.7 Å². The maximum Gasteiger partial charge on any atom is 0.410 e. The molecule has 32 heavy (non-hydrogen) atoms. The number of hydrogen-bond donors (Lipinski definition) is 0. The molecule has 0 N–H and O–H groups in total. The molecular weight excluding hydrogens is 417 g/mol. The molecule has 0 bridgehead atoms. The average Bonchev–Trinajstić information content (AvgIpc) is 3.33. The van der Waals surface area contributed by atoms with Crippen LogP contribution in [0.4, 0.5) is 9.18 Å². The molecule has 3 aromatic rings. The summed E-state index contributed by atoms with van der Waals surface area (Å²) in [5.74, 6) is 0.281. The first-order chi connectivity index (χ1) is 15.3. The van der Waals surface area contributed by atoms with E-state index in [0.29, 0.717) is 50.4 Å². The van der Waals surface area contributed by atoms with Gasteiger partial charge in [-0.3, -0.25) is 4.68 Å². The third kappa shape index (κ3) is 3.94. The van der Waals surface area contributed by atoms with Crippen molar-refractivity contribution in [2.45, 2.75) is 51.2 Å². The molecule has 2 aliphatic heterocycles. The lowest BCUT2D eigenvalue weighted by atomic mass is 9.96. The first kappa shape index (κ1) is 20.9. The first-order valence-electron chi connectivity index (χ1n) is 10.8. The van der Waals surface area contributed by atoms with E-state index < -0.39 is 11.4 Å². The Balaban J connectivity index is 1.32. The van der Waals surface area contributed by atoms with Crippen LogP contribution in [0.1, 0.15) is 51.4 Å². The molecule has 0 spiro atoms. The number of fused-ring (bicyclic) bond motifs is 1. The van der Waals surface area contributed by atoms with Crippen LogP contribution in [0.2, 0.25) is 0 Å². The van der Waals surface area contributed by atoms with Gasteiger partial charge >= 0.3 is 6.09 Å². The smallest absolute Gasteiger partial charge is 0.410 e. The highest BCUT2D eigenvalue weighted by Crippen LogP contribution is 2.32. The number of benzene rings is 1. The van der Waals surface area contributed by atoms with Crippen LogP contribution >= 0.6 is 0 Å². The highest BCUT2D eigenvalue weighted by atomic mass is 19.1. The summed E-state index contributed by atoms with van der Waals surface area (Å²) in [6.07, 6.45) is 2.72. The van der Waals surface area contributed by atoms with Gasteiger partial charge in [0.1, 0.15) is 11.4 Å². The minimum Gasteiger partial charge on any atom is -0.444 e. The number of ether oxygens (including phenoxy) is 2. The van der Waals surface area contributed by atoms with Crippen LogP contribution in [0.25, 0.3) is 22.4 Å². The van der Waals surface area contributed by atoms with Crippen molar-refractivity contribution < 1.29 is 23.2 Å². The molecule has 0 radical (unpaired) electrons. The molecule has 170 valence electrons. The molecule has 9 nitrogen and oxygen atoms in total. The van der Waals surface area contributed by atoms with Gasteiger partial charge in [0.2, 0.25) is 0 Å². The van der Waals surface area contributed by atoms with Crippen LogP contribution in [0.5, 0.6) is 0 Å². The molecule has 1 amide bonds. The maximum absolute atomic E-state index is 14.8. The summed E-state index contributed by atoms with van der Waals surface area (Å²) in [4.78, 5) is 18.5. The zero-order chi connectivity index (χ0) is 22.5. The van der Waals surface area contributed by atoms with E-state index in [4.69, 9.17) is 14.0 Å². The highest BCUT2D eigenvalue weighted by Gasteiger charge is 2.30. The predicted octanol–water partition coefficient (Wildman–Crippen LogP) is 3.91.